The summed E-state index contributed by atoms with van der Waals surface area (Å²) in [4.78, 5) is 17.3. The molecule has 0 unspecified atom stereocenters. The van der Waals surface area contributed by atoms with E-state index < -0.39 is 5.97 Å². The molecule has 0 amide bonds. The lowest BCUT2D eigenvalue weighted by Gasteiger charge is -2.15. The smallest absolute Gasteiger partial charge is 0.307 e. The van der Waals surface area contributed by atoms with Crippen LogP contribution in [0.15, 0.2) is 29.6 Å². The Kier molecular flexibility index (Phi) is 4.87. The summed E-state index contributed by atoms with van der Waals surface area (Å²) in [5, 5.41) is 11.9. The third-order valence-electron chi connectivity index (χ3n) is 2.90. The first-order valence-electron chi connectivity index (χ1n) is 6.42. The van der Waals surface area contributed by atoms with Gasteiger partial charge in [0.1, 0.15) is 5.01 Å². The summed E-state index contributed by atoms with van der Waals surface area (Å²) in [5.41, 5.74) is 3.07. The minimum atomic E-state index is -0.797. The van der Waals surface area contributed by atoms with Crippen LogP contribution in [0.1, 0.15) is 21.8 Å². The molecule has 0 saturated heterocycles. The molecule has 0 fully saturated rings. The van der Waals surface area contributed by atoms with Gasteiger partial charge in [0.2, 0.25) is 0 Å². The third-order valence-corrected chi connectivity index (χ3v) is 3.85. The molecule has 1 aromatic carbocycles. The van der Waals surface area contributed by atoms with E-state index in [9.17, 15) is 4.79 Å². The number of carboxylic acid groups (broad SMARTS) is 1. The predicted octanol–water partition coefficient (Wildman–Crippen LogP) is 2.71. The molecule has 0 bridgehead atoms. The van der Waals surface area contributed by atoms with Crippen LogP contribution in [0.4, 0.5) is 0 Å². The number of aryl methyl sites for hydroxylation is 1. The number of thiazole rings is 1. The Bertz CT molecular complexity index is 578. The first-order chi connectivity index (χ1) is 9.52. The van der Waals surface area contributed by atoms with Gasteiger partial charge >= 0.3 is 5.97 Å². The summed E-state index contributed by atoms with van der Waals surface area (Å²) in [6.45, 7) is 3.66. The van der Waals surface area contributed by atoms with Crippen molar-refractivity contribution in [1.29, 1.82) is 0 Å². The van der Waals surface area contributed by atoms with Crippen molar-refractivity contribution in [3.8, 4) is 0 Å². The van der Waals surface area contributed by atoms with Gasteiger partial charge in [0.25, 0.3) is 0 Å². The highest BCUT2D eigenvalue weighted by molar-refractivity contribution is 7.09. The topological polar surface area (TPSA) is 53.4 Å². The molecule has 1 heterocycles. The summed E-state index contributed by atoms with van der Waals surface area (Å²) >= 11 is 1.68. The van der Waals surface area contributed by atoms with Crippen molar-refractivity contribution in [2.45, 2.75) is 26.4 Å². The van der Waals surface area contributed by atoms with Gasteiger partial charge in [-0.15, -0.1) is 11.3 Å². The van der Waals surface area contributed by atoms with Crippen LogP contribution in [0.25, 0.3) is 0 Å². The fourth-order valence-electron chi connectivity index (χ4n) is 2.01. The van der Waals surface area contributed by atoms with Crippen molar-refractivity contribution >= 4 is 17.3 Å². The quantitative estimate of drug-likeness (QED) is 0.888. The molecule has 0 atom stereocenters. The van der Waals surface area contributed by atoms with Gasteiger partial charge < -0.3 is 5.11 Å². The highest BCUT2D eigenvalue weighted by Crippen LogP contribution is 2.13. The Hall–Kier alpha value is -1.72. The van der Waals surface area contributed by atoms with Crippen molar-refractivity contribution in [2.24, 2.45) is 0 Å². The van der Waals surface area contributed by atoms with E-state index >= 15 is 0 Å². The molecule has 0 aliphatic carbocycles. The highest BCUT2D eigenvalue weighted by atomic mass is 32.1. The monoisotopic (exact) mass is 290 g/mol. The molecule has 0 radical (unpaired) electrons. The Morgan fingerprint density at radius 3 is 2.45 bits per heavy atom. The van der Waals surface area contributed by atoms with Gasteiger partial charge in [-0.1, -0.05) is 24.3 Å². The second-order valence-corrected chi connectivity index (χ2v) is 5.88. The maximum Gasteiger partial charge on any atom is 0.307 e. The summed E-state index contributed by atoms with van der Waals surface area (Å²) in [7, 11) is 2.06. The molecule has 2 rings (SSSR count). The number of aromatic nitrogens is 1. The Morgan fingerprint density at radius 2 is 1.90 bits per heavy atom. The maximum atomic E-state index is 10.6. The van der Waals surface area contributed by atoms with Crippen LogP contribution >= 0.6 is 11.3 Å². The molecule has 20 heavy (non-hydrogen) atoms. The van der Waals surface area contributed by atoms with Crippen LogP contribution in [0.2, 0.25) is 0 Å². The zero-order valence-corrected chi connectivity index (χ0v) is 12.5. The molecule has 106 valence electrons. The number of carboxylic acids is 1. The van der Waals surface area contributed by atoms with E-state index in [1.165, 1.54) is 5.56 Å². The molecule has 2 aromatic rings. The van der Waals surface area contributed by atoms with E-state index in [1.807, 2.05) is 31.2 Å². The first-order valence-corrected chi connectivity index (χ1v) is 7.30. The van der Waals surface area contributed by atoms with Crippen LogP contribution in [-0.4, -0.2) is 28.0 Å². The molecular weight excluding hydrogens is 272 g/mol. The van der Waals surface area contributed by atoms with Gasteiger partial charge in [0, 0.05) is 17.6 Å². The molecule has 1 N–H and O–H groups in total. The number of aliphatic carboxylic acids is 1. The standard InChI is InChI=1S/C15H18N2O2S/c1-11-10-20-14(16-11)9-17(2)8-13-5-3-12(4-6-13)7-15(18)19/h3-6,10H,7-9H2,1-2H3,(H,18,19). The Labute approximate surface area is 122 Å². The zero-order chi connectivity index (χ0) is 14.5. The summed E-state index contributed by atoms with van der Waals surface area (Å²) in [6, 6.07) is 7.74. The van der Waals surface area contributed by atoms with Crippen LogP contribution in [-0.2, 0) is 24.3 Å². The van der Waals surface area contributed by atoms with Crippen LogP contribution in [0, 0.1) is 6.92 Å². The van der Waals surface area contributed by atoms with E-state index in [4.69, 9.17) is 5.11 Å². The van der Waals surface area contributed by atoms with Crippen LogP contribution < -0.4 is 0 Å². The minimum Gasteiger partial charge on any atom is -0.481 e. The number of rotatable bonds is 6. The molecule has 0 spiro atoms. The maximum absolute atomic E-state index is 10.6. The second-order valence-electron chi connectivity index (χ2n) is 4.94. The van der Waals surface area contributed by atoms with Crippen molar-refractivity contribution in [3.63, 3.8) is 0 Å². The number of benzene rings is 1. The van der Waals surface area contributed by atoms with E-state index in [2.05, 4.69) is 22.3 Å². The summed E-state index contributed by atoms with van der Waals surface area (Å²) < 4.78 is 0. The summed E-state index contributed by atoms with van der Waals surface area (Å²) in [6.07, 6.45) is 0.0779. The molecule has 4 nitrogen and oxygen atoms in total. The molecule has 0 saturated carbocycles. The fraction of sp³-hybridized carbons (Fsp3) is 0.333. The van der Waals surface area contributed by atoms with Gasteiger partial charge in [0.15, 0.2) is 0 Å². The van der Waals surface area contributed by atoms with Crippen LogP contribution in [0.3, 0.4) is 0 Å². The summed E-state index contributed by atoms with van der Waals surface area (Å²) in [5.74, 6) is -0.797. The van der Waals surface area contributed by atoms with Crippen LogP contribution in [0.5, 0.6) is 0 Å². The largest absolute Gasteiger partial charge is 0.481 e. The average Bonchev–Trinajstić information content (AvgIpc) is 2.76. The minimum absolute atomic E-state index is 0.0779. The van der Waals surface area contributed by atoms with E-state index in [0.717, 1.165) is 29.4 Å². The molecule has 0 aliphatic heterocycles. The van der Waals surface area contributed by atoms with Gasteiger partial charge in [-0.2, -0.15) is 0 Å². The van der Waals surface area contributed by atoms with Crippen molar-refractivity contribution in [3.05, 3.63) is 51.5 Å². The first kappa shape index (κ1) is 14.7. The van der Waals surface area contributed by atoms with Gasteiger partial charge in [-0.05, 0) is 25.1 Å². The number of hydrogen-bond acceptors (Lipinski definition) is 4. The van der Waals surface area contributed by atoms with Crippen molar-refractivity contribution in [2.75, 3.05) is 7.05 Å². The normalized spacial score (nSPS) is 10.9. The number of hydrogen-bond donors (Lipinski definition) is 1. The average molecular weight is 290 g/mol. The molecule has 1 aromatic heterocycles. The molecule has 5 heteroatoms. The zero-order valence-electron chi connectivity index (χ0n) is 11.7. The van der Waals surface area contributed by atoms with Gasteiger partial charge in [-0.3, -0.25) is 9.69 Å². The number of nitrogens with zero attached hydrogens (tertiary/aromatic N) is 2. The lowest BCUT2D eigenvalue weighted by atomic mass is 10.1. The van der Waals surface area contributed by atoms with Crippen molar-refractivity contribution < 1.29 is 9.90 Å². The SMILES string of the molecule is Cc1csc(CN(C)Cc2ccc(CC(=O)O)cc2)n1. The van der Waals surface area contributed by atoms with Gasteiger partial charge in [0.05, 0.1) is 13.0 Å². The fourth-order valence-corrected chi connectivity index (χ4v) is 2.86. The lowest BCUT2D eigenvalue weighted by molar-refractivity contribution is -0.136. The lowest BCUT2D eigenvalue weighted by Crippen LogP contribution is -2.17. The van der Waals surface area contributed by atoms with E-state index in [0.29, 0.717) is 0 Å². The van der Waals surface area contributed by atoms with E-state index in [-0.39, 0.29) is 6.42 Å². The Balaban J connectivity index is 1.90. The highest BCUT2D eigenvalue weighted by Gasteiger charge is 2.06. The Morgan fingerprint density at radius 1 is 1.25 bits per heavy atom. The van der Waals surface area contributed by atoms with Gasteiger partial charge in [-0.25, -0.2) is 4.98 Å². The second kappa shape index (κ2) is 6.63. The number of carbonyl (C=O) groups is 1. The predicted molar refractivity (Wildman–Crippen MR) is 79.8 cm³/mol. The molecule has 0 aliphatic rings. The molecular formula is C15H18N2O2S. The van der Waals surface area contributed by atoms with E-state index in [1.54, 1.807) is 11.3 Å². The third kappa shape index (κ3) is 4.43. The van der Waals surface area contributed by atoms with Crippen molar-refractivity contribution in [1.82, 2.24) is 9.88 Å².